The molecule has 1 fully saturated rings. The van der Waals surface area contributed by atoms with Crippen molar-refractivity contribution in [3.8, 4) is 11.5 Å². The van der Waals surface area contributed by atoms with E-state index in [1.54, 1.807) is 13.2 Å². The van der Waals surface area contributed by atoms with E-state index in [1.807, 2.05) is 12.1 Å². The lowest BCUT2D eigenvalue weighted by Gasteiger charge is -2.34. The predicted octanol–water partition coefficient (Wildman–Crippen LogP) is 2.36. The van der Waals surface area contributed by atoms with Crippen LogP contribution in [0.25, 0.3) is 0 Å². The highest BCUT2D eigenvalue weighted by Crippen LogP contribution is 2.26. The minimum Gasteiger partial charge on any atom is -0.507 e. The van der Waals surface area contributed by atoms with Crippen LogP contribution in [0.4, 0.5) is 0 Å². The van der Waals surface area contributed by atoms with Gasteiger partial charge in [0.2, 0.25) is 0 Å². The molecule has 0 aliphatic carbocycles. The van der Waals surface area contributed by atoms with Crippen LogP contribution in [0.3, 0.4) is 0 Å². The van der Waals surface area contributed by atoms with E-state index in [0.29, 0.717) is 17.5 Å². The van der Waals surface area contributed by atoms with Crippen LogP contribution in [-0.4, -0.2) is 42.8 Å². The second-order valence-electron chi connectivity index (χ2n) is 5.47. The minimum absolute atomic E-state index is 0.328. The molecular weight excluding hydrogens is 252 g/mol. The predicted molar refractivity (Wildman–Crippen MR) is 81.3 cm³/mol. The van der Waals surface area contributed by atoms with Crippen LogP contribution in [-0.2, 0) is 6.54 Å². The van der Waals surface area contributed by atoms with Gasteiger partial charge in [0.25, 0.3) is 0 Å². The van der Waals surface area contributed by atoms with Gasteiger partial charge in [0.15, 0.2) is 0 Å². The normalized spacial score (nSPS) is 19.2. The lowest BCUT2D eigenvalue weighted by atomic mass is 10.0. The van der Waals surface area contributed by atoms with Gasteiger partial charge in [-0.25, -0.2) is 0 Å². The lowest BCUT2D eigenvalue weighted by molar-refractivity contribution is 0.156. The third-order valence-electron chi connectivity index (χ3n) is 3.96. The first-order chi connectivity index (χ1) is 9.74. The zero-order valence-corrected chi connectivity index (χ0v) is 12.6. The average Bonchev–Trinajstić information content (AvgIpc) is 2.49. The number of phenols is 1. The molecule has 1 aliphatic rings. The molecule has 1 atom stereocenters. The van der Waals surface area contributed by atoms with Crippen molar-refractivity contribution in [2.45, 2.75) is 38.8 Å². The van der Waals surface area contributed by atoms with E-state index in [0.717, 1.165) is 38.2 Å². The van der Waals surface area contributed by atoms with Crippen molar-refractivity contribution in [3.05, 3.63) is 23.8 Å². The highest BCUT2D eigenvalue weighted by atomic mass is 16.5. The van der Waals surface area contributed by atoms with Gasteiger partial charge in [-0.05, 0) is 38.4 Å². The molecule has 1 aromatic carbocycles. The van der Waals surface area contributed by atoms with E-state index in [9.17, 15) is 5.11 Å². The monoisotopic (exact) mass is 278 g/mol. The molecule has 0 spiro atoms. The molecule has 1 aliphatic heterocycles. The molecule has 0 amide bonds. The first-order valence-corrected chi connectivity index (χ1v) is 7.55. The van der Waals surface area contributed by atoms with Crippen LogP contribution in [0.15, 0.2) is 18.2 Å². The van der Waals surface area contributed by atoms with Gasteiger partial charge in [-0.1, -0.05) is 13.0 Å². The van der Waals surface area contributed by atoms with Crippen LogP contribution < -0.4 is 10.1 Å². The van der Waals surface area contributed by atoms with E-state index in [2.05, 4.69) is 17.1 Å². The molecular formula is C16H26N2O2. The number of aromatic hydroxyl groups is 1. The van der Waals surface area contributed by atoms with Crippen LogP contribution in [0.1, 0.15) is 31.7 Å². The lowest BCUT2D eigenvalue weighted by Crippen LogP contribution is -2.45. The van der Waals surface area contributed by atoms with Gasteiger partial charge in [-0.2, -0.15) is 0 Å². The summed E-state index contributed by atoms with van der Waals surface area (Å²) in [4.78, 5) is 2.48. The third kappa shape index (κ3) is 3.87. The SMILES string of the molecule is CCCN(Cc1ccc(OC)cc1O)C1CCCNC1. The van der Waals surface area contributed by atoms with E-state index in [4.69, 9.17) is 4.74 Å². The number of hydrogen-bond donors (Lipinski definition) is 2. The van der Waals surface area contributed by atoms with E-state index in [1.165, 1.54) is 12.8 Å². The van der Waals surface area contributed by atoms with Crippen molar-refractivity contribution >= 4 is 0 Å². The number of rotatable bonds is 6. The quantitative estimate of drug-likeness (QED) is 0.838. The Kier molecular flexibility index (Phi) is 5.68. The molecule has 2 N–H and O–H groups in total. The summed E-state index contributed by atoms with van der Waals surface area (Å²) in [6.07, 6.45) is 3.61. The fourth-order valence-corrected chi connectivity index (χ4v) is 2.85. The molecule has 4 nitrogen and oxygen atoms in total. The van der Waals surface area contributed by atoms with Gasteiger partial charge in [-0.3, -0.25) is 4.90 Å². The Morgan fingerprint density at radius 3 is 2.90 bits per heavy atom. The summed E-state index contributed by atoms with van der Waals surface area (Å²) >= 11 is 0. The van der Waals surface area contributed by atoms with Gasteiger partial charge in [0, 0.05) is 30.8 Å². The topological polar surface area (TPSA) is 44.7 Å². The van der Waals surface area contributed by atoms with Crippen molar-refractivity contribution in [1.29, 1.82) is 0 Å². The highest BCUT2D eigenvalue weighted by Gasteiger charge is 2.21. The van der Waals surface area contributed by atoms with Gasteiger partial charge in [0.05, 0.1) is 7.11 Å². The largest absolute Gasteiger partial charge is 0.507 e. The minimum atomic E-state index is 0.328. The molecule has 0 bridgehead atoms. The standard InChI is InChI=1S/C16H26N2O2/c1-3-9-18(14-5-4-8-17-11-14)12-13-6-7-15(20-2)10-16(13)19/h6-7,10,14,17,19H,3-5,8-9,11-12H2,1-2H3. The molecule has 4 heteroatoms. The van der Waals surface area contributed by atoms with Crippen molar-refractivity contribution < 1.29 is 9.84 Å². The number of nitrogens with one attached hydrogen (secondary N) is 1. The Labute approximate surface area is 121 Å². The van der Waals surface area contributed by atoms with Crippen LogP contribution in [0.5, 0.6) is 11.5 Å². The zero-order chi connectivity index (χ0) is 14.4. The summed E-state index contributed by atoms with van der Waals surface area (Å²) in [5, 5.41) is 13.6. The number of nitrogens with zero attached hydrogens (tertiary/aromatic N) is 1. The Morgan fingerprint density at radius 2 is 2.30 bits per heavy atom. The number of piperidine rings is 1. The van der Waals surface area contributed by atoms with Crippen molar-refractivity contribution in [2.24, 2.45) is 0 Å². The van der Waals surface area contributed by atoms with Gasteiger partial charge in [-0.15, -0.1) is 0 Å². The second-order valence-corrected chi connectivity index (χ2v) is 5.47. The summed E-state index contributed by atoms with van der Waals surface area (Å²) in [5.74, 6) is 1.03. The summed E-state index contributed by atoms with van der Waals surface area (Å²) < 4.78 is 5.14. The molecule has 20 heavy (non-hydrogen) atoms. The first-order valence-electron chi connectivity index (χ1n) is 7.55. The fourth-order valence-electron chi connectivity index (χ4n) is 2.85. The van der Waals surface area contributed by atoms with Crippen LogP contribution in [0.2, 0.25) is 0 Å². The van der Waals surface area contributed by atoms with Crippen molar-refractivity contribution in [1.82, 2.24) is 10.2 Å². The molecule has 1 heterocycles. The van der Waals surface area contributed by atoms with Gasteiger partial charge >= 0.3 is 0 Å². The molecule has 1 saturated heterocycles. The highest BCUT2D eigenvalue weighted by molar-refractivity contribution is 5.39. The molecule has 112 valence electrons. The summed E-state index contributed by atoms with van der Waals surface area (Å²) in [6.45, 7) is 6.26. The number of hydrogen-bond acceptors (Lipinski definition) is 4. The number of benzene rings is 1. The smallest absolute Gasteiger partial charge is 0.123 e. The number of ether oxygens (including phenoxy) is 1. The average molecular weight is 278 g/mol. The summed E-state index contributed by atoms with van der Waals surface area (Å²) in [7, 11) is 1.62. The fraction of sp³-hybridized carbons (Fsp3) is 0.625. The first kappa shape index (κ1) is 15.1. The van der Waals surface area contributed by atoms with Crippen LogP contribution >= 0.6 is 0 Å². The maximum Gasteiger partial charge on any atom is 0.123 e. The number of phenolic OH excluding ortho intramolecular Hbond substituents is 1. The zero-order valence-electron chi connectivity index (χ0n) is 12.6. The molecule has 2 rings (SSSR count). The molecule has 0 radical (unpaired) electrons. The van der Waals surface area contributed by atoms with E-state index < -0.39 is 0 Å². The van der Waals surface area contributed by atoms with Crippen molar-refractivity contribution in [3.63, 3.8) is 0 Å². The summed E-state index contributed by atoms with van der Waals surface area (Å²) in [5.41, 5.74) is 0.977. The maximum atomic E-state index is 10.1. The second kappa shape index (κ2) is 7.50. The Bertz CT molecular complexity index is 417. The van der Waals surface area contributed by atoms with E-state index in [-0.39, 0.29) is 0 Å². The Hall–Kier alpha value is -1.26. The van der Waals surface area contributed by atoms with Crippen LogP contribution in [0, 0.1) is 0 Å². The maximum absolute atomic E-state index is 10.1. The molecule has 0 saturated carbocycles. The molecule has 1 unspecified atom stereocenters. The Balaban J connectivity index is 2.06. The third-order valence-corrected chi connectivity index (χ3v) is 3.96. The molecule has 1 aromatic rings. The van der Waals surface area contributed by atoms with Gasteiger partial charge < -0.3 is 15.2 Å². The molecule has 0 aromatic heterocycles. The van der Waals surface area contributed by atoms with E-state index >= 15 is 0 Å². The van der Waals surface area contributed by atoms with Gasteiger partial charge in [0.1, 0.15) is 11.5 Å². The summed E-state index contributed by atoms with van der Waals surface area (Å²) in [6, 6.07) is 6.15. The van der Waals surface area contributed by atoms with Crippen molar-refractivity contribution in [2.75, 3.05) is 26.7 Å². The number of methoxy groups -OCH3 is 1. The Morgan fingerprint density at radius 1 is 1.45 bits per heavy atom.